The van der Waals surface area contributed by atoms with Gasteiger partial charge in [0.1, 0.15) is 11.6 Å². The predicted octanol–water partition coefficient (Wildman–Crippen LogP) is 3.46. The molecule has 0 saturated heterocycles. The van der Waals surface area contributed by atoms with Gasteiger partial charge in [-0.05, 0) is 12.1 Å². The Hall–Kier alpha value is -2.96. The molecule has 0 unspecified atom stereocenters. The number of nitrogens with one attached hydrogen (secondary N) is 2. The van der Waals surface area contributed by atoms with Gasteiger partial charge in [-0.2, -0.15) is 0 Å². The Morgan fingerprint density at radius 1 is 1.00 bits per heavy atom. The first-order chi connectivity index (χ1) is 12.3. The lowest BCUT2D eigenvalue weighted by atomic mass is 10.2. The van der Waals surface area contributed by atoms with Crippen molar-refractivity contribution in [2.75, 3.05) is 17.7 Å². The van der Waals surface area contributed by atoms with Crippen LogP contribution in [0.15, 0.2) is 30.6 Å². The van der Waals surface area contributed by atoms with Crippen LogP contribution in [-0.4, -0.2) is 28.9 Å². The molecule has 0 aliphatic rings. The van der Waals surface area contributed by atoms with Crippen LogP contribution in [0.2, 0.25) is 0 Å². The van der Waals surface area contributed by atoms with E-state index in [0.29, 0.717) is 28.5 Å². The molecule has 1 aromatic carbocycles. The van der Waals surface area contributed by atoms with Gasteiger partial charge in [-0.3, -0.25) is 9.59 Å². The van der Waals surface area contributed by atoms with Gasteiger partial charge in [-0.1, -0.05) is 27.7 Å². The molecule has 0 aliphatic heterocycles. The molecule has 2 aromatic rings. The minimum absolute atomic E-state index is 0.143. The van der Waals surface area contributed by atoms with E-state index in [1.807, 2.05) is 13.8 Å². The maximum Gasteiger partial charge on any atom is 0.258 e. The molecule has 2 rings (SSSR count). The van der Waals surface area contributed by atoms with Crippen molar-refractivity contribution in [2.24, 2.45) is 5.92 Å². The van der Waals surface area contributed by atoms with Crippen LogP contribution in [0, 0.1) is 5.92 Å². The van der Waals surface area contributed by atoms with Gasteiger partial charge < -0.3 is 15.4 Å². The summed E-state index contributed by atoms with van der Waals surface area (Å²) in [5, 5.41) is 5.58. The highest BCUT2D eigenvalue weighted by Crippen LogP contribution is 2.28. The van der Waals surface area contributed by atoms with Crippen molar-refractivity contribution in [2.45, 2.75) is 33.6 Å². The van der Waals surface area contributed by atoms with Crippen LogP contribution in [0.3, 0.4) is 0 Å². The van der Waals surface area contributed by atoms with Crippen molar-refractivity contribution in [3.8, 4) is 5.75 Å². The molecule has 0 atom stereocenters. The van der Waals surface area contributed by atoms with Crippen LogP contribution >= 0.6 is 0 Å². The van der Waals surface area contributed by atoms with E-state index in [1.165, 1.54) is 19.5 Å². The Bertz CT molecular complexity index is 786. The van der Waals surface area contributed by atoms with E-state index in [-0.39, 0.29) is 23.7 Å². The van der Waals surface area contributed by atoms with Crippen molar-refractivity contribution in [1.29, 1.82) is 0 Å². The lowest BCUT2D eigenvalue weighted by molar-refractivity contribution is -0.118. The molecule has 2 amide bonds. The second kappa shape index (κ2) is 8.42. The van der Waals surface area contributed by atoms with Crippen LogP contribution in [0.5, 0.6) is 5.75 Å². The summed E-state index contributed by atoms with van der Waals surface area (Å²) in [6, 6.07) is 5.05. The third-order valence-corrected chi connectivity index (χ3v) is 3.71. The third-order valence-electron chi connectivity index (χ3n) is 3.71. The Balaban J connectivity index is 2.25. The van der Waals surface area contributed by atoms with E-state index in [9.17, 15) is 9.59 Å². The largest absolute Gasteiger partial charge is 0.497 e. The normalized spacial score (nSPS) is 10.7. The van der Waals surface area contributed by atoms with Gasteiger partial charge in [0.25, 0.3) is 5.91 Å². The first-order valence-electron chi connectivity index (χ1n) is 8.44. The summed E-state index contributed by atoms with van der Waals surface area (Å²) >= 11 is 0. The van der Waals surface area contributed by atoms with Crippen LogP contribution in [0.25, 0.3) is 0 Å². The number of amides is 2. The van der Waals surface area contributed by atoms with E-state index >= 15 is 0 Å². The average Bonchev–Trinajstić information content (AvgIpc) is 2.62. The minimum Gasteiger partial charge on any atom is -0.497 e. The lowest BCUT2D eigenvalue weighted by Gasteiger charge is -2.15. The number of hydrogen-bond donors (Lipinski definition) is 2. The highest BCUT2D eigenvalue weighted by atomic mass is 16.5. The molecule has 2 N–H and O–H groups in total. The number of benzene rings is 1. The van der Waals surface area contributed by atoms with Gasteiger partial charge in [-0.25, -0.2) is 9.97 Å². The molecule has 0 aliphatic carbocycles. The van der Waals surface area contributed by atoms with Gasteiger partial charge in [0.15, 0.2) is 0 Å². The van der Waals surface area contributed by atoms with E-state index in [0.717, 1.165) is 0 Å². The zero-order valence-corrected chi connectivity index (χ0v) is 15.7. The Labute approximate surface area is 153 Å². The summed E-state index contributed by atoms with van der Waals surface area (Å²) in [6.45, 7) is 7.56. The molecule has 138 valence electrons. The molecular weight excluding hydrogens is 332 g/mol. The second-order valence-corrected chi connectivity index (χ2v) is 6.49. The zero-order valence-electron chi connectivity index (χ0n) is 15.7. The van der Waals surface area contributed by atoms with Gasteiger partial charge >= 0.3 is 0 Å². The summed E-state index contributed by atoms with van der Waals surface area (Å²) in [6.07, 6.45) is 2.98. The Kier molecular flexibility index (Phi) is 6.27. The second-order valence-electron chi connectivity index (χ2n) is 6.49. The fourth-order valence-corrected chi connectivity index (χ4v) is 2.09. The molecule has 0 radical (unpaired) electrons. The molecule has 1 heterocycles. The summed E-state index contributed by atoms with van der Waals surface area (Å²) in [5.74, 6) is 0.729. The van der Waals surface area contributed by atoms with Crippen LogP contribution in [0.1, 0.15) is 49.8 Å². The highest BCUT2D eigenvalue weighted by Gasteiger charge is 2.15. The molecule has 1 aromatic heterocycles. The summed E-state index contributed by atoms with van der Waals surface area (Å²) in [5.41, 5.74) is 1.27. The minimum atomic E-state index is -0.367. The summed E-state index contributed by atoms with van der Waals surface area (Å²) < 4.78 is 5.20. The number of carbonyl (C=O) groups excluding carboxylic acids is 2. The van der Waals surface area contributed by atoms with Crippen LogP contribution < -0.4 is 15.4 Å². The number of aromatic nitrogens is 2. The predicted molar refractivity (Wildman–Crippen MR) is 101 cm³/mol. The average molecular weight is 356 g/mol. The zero-order chi connectivity index (χ0) is 19.3. The van der Waals surface area contributed by atoms with Gasteiger partial charge in [0.2, 0.25) is 5.91 Å². The first-order valence-corrected chi connectivity index (χ1v) is 8.44. The molecular formula is C19H24N4O3. The maximum absolute atomic E-state index is 12.5. The molecule has 0 bridgehead atoms. The van der Waals surface area contributed by atoms with Crippen LogP contribution in [0.4, 0.5) is 11.4 Å². The van der Waals surface area contributed by atoms with E-state index in [2.05, 4.69) is 20.6 Å². The number of ether oxygens (including phenoxy) is 1. The number of carbonyl (C=O) groups is 2. The lowest BCUT2D eigenvalue weighted by Crippen LogP contribution is -2.20. The number of rotatable bonds is 6. The number of anilines is 2. The van der Waals surface area contributed by atoms with Crippen LogP contribution in [-0.2, 0) is 4.79 Å². The Morgan fingerprint density at radius 2 is 1.65 bits per heavy atom. The van der Waals surface area contributed by atoms with Gasteiger partial charge in [0.05, 0.1) is 24.0 Å². The summed E-state index contributed by atoms with van der Waals surface area (Å²) in [7, 11) is 1.53. The number of methoxy groups -OCH3 is 1. The fraction of sp³-hybridized carbons (Fsp3) is 0.368. The third kappa shape index (κ3) is 4.78. The van der Waals surface area contributed by atoms with E-state index < -0.39 is 0 Å². The number of hydrogen-bond acceptors (Lipinski definition) is 5. The molecule has 7 nitrogen and oxygen atoms in total. The topological polar surface area (TPSA) is 93.2 Å². The fourth-order valence-electron chi connectivity index (χ4n) is 2.09. The van der Waals surface area contributed by atoms with E-state index in [1.54, 1.807) is 32.0 Å². The van der Waals surface area contributed by atoms with Crippen molar-refractivity contribution in [1.82, 2.24) is 9.97 Å². The van der Waals surface area contributed by atoms with Gasteiger partial charge in [0, 0.05) is 30.3 Å². The quantitative estimate of drug-likeness (QED) is 0.827. The highest BCUT2D eigenvalue weighted by molar-refractivity contribution is 6.07. The first kappa shape index (κ1) is 19.4. The molecule has 7 heteroatoms. The molecule has 26 heavy (non-hydrogen) atoms. The van der Waals surface area contributed by atoms with Gasteiger partial charge in [-0.15, -0.1) is 0 Å². The molecule has 0 saturated carbocycles. The Morgan fingerprint density at radius 3 is 2.19 bits per heavy atom. The number of nitrogens with zero attached hydrogens (tertiary/aromatic N) is 2. The van der Waals surface area contributed by atoms with Crippen molar-refractivity contribution in [3.63, 3.8) is 0 Å². The maximum atomic E-state index is 12.5. The SMILES string of the molecule is COc1ccc(NC(=O)C(C)C)c(NC(=O)c2cnc(C(C)C)nc2)c1. The molecule has 0 fully saturated rings. The molecule has 0 spiro atoms. The standard InChI is InChI=1S/C19H24N4O3/c1-11(2)17-20-9-13(10-21-17)19(25)23-16-8-14(26-5)6-7-15(16)22-18(24)12(3)4/h6-12H,1-5H3,(H,22,24)(H,23,25). The van der Waals surface area contributed by atoms with Crippen molar-refractivity contribution >= 4 is 23.2 Å². The van der Waals surface area contributed by atoms with Crippen molar-refractivity contribution < 1.29 is 14.3 Å². The smallest absolute Gasteiger partial charge is 0.258 e. The summed E-state index contributed by atoms with van der Waals surface area (Å²) in [4.78, 5) is 32.9. The van der Waals surface area contributed by atoms with Crippen molar-refractivity contribution in [3.05, 3.63) is 42.0 Å². The monoisotopic (exact) mass is 356 g/mol. The van der Waals surface area contributed by atoms with E-state index in [4.69, 9.17) is 4.74 Å².